The van der Waals surface area contributed by atoms with E-state index < -0.39 is 0 Å². The van der Waals surface area contributed by atoms with E-state index in [2.05, 4.69) is 56.1 Å². The summed E-state index contributed by atoms with van der Waals surface area (Å²) in [7, 11) is 0. The van der Waals surface area contributed by atoms with Crippen LogP contribution in [0.2, 0.25) is 0 Å². The van der Waals surface area contributed by atoms with Gasteiger partial charge in [0.05, 0.1) is 0 Å². The van der Waals surface area contributed by atoms with Crippen molar-refractivity contribution in [1.82, 2.24) is 10.2 Å². The minimum atomic E-state index is 0.436. The predicted molar refractivity (Wildman–Crippen MR) is 82.6 cm³/mol. The zero-order chi connectivity index (χ0) is 13.8. The summed E-state index contributed by atoms with van der Waals surface area (Å²) >= 11 is 0. The Kier molecular flexibility index (Phi) is 5.00. The smallest absolute Gasteiger partial charge is 0.0295 e. The van der Waals surface area contributed by atoms with Gasteiger partial charge >= 0.3 is 0 Å². The summed E-state index contributed by atoms with van der Waals surface area (Å²) < 4.78 is 0. The van der Waals surface area contributed by atoms with Crippen LogP contribution in [-0.4, -0.2) is 30.6 Å². The van der Waals surface area contributed by atoms with Crippen molar-refractivity contribution in [3.63, 3.8) is 0 Å². The lowest BCUT2D eigenvalue weighted by molar-refractivity contribution is 0.247. The Morgan fingerprint density at radius 3 is 2.47 bits per heavy atom. The molecule has 1 aliphatic heterocycles. The fraction of sp³-hybridized carbons (Fsp3) is 0.647. The summed E-state index contributed by atoms with van der Waals surface area (Å²) in [6.07, 6.45) is 2.74. The third kappa shape index (κ3) is 3.80. The molecule has 2 nitrogen and oxygen atoms in total. The molecule has 1 aromatic carbocycles. The summed E-state index contributed by atoms with van der Waals surface area (Å²) in [5.41, 5.74) is 4.17. The van der Waals surface area contributed by atoms with E-state index in [1.54, 1.807) is 0 Å². The summed E-state index contributed by atoms with van der Waals surface area (Å²) in [5.74, 6) is 0. The van der Waals surface area contributed by atoms with Crippen molar-refractivity contribution in [2.75, 3.05) is 19.6 Å². The fourth-order valence-corrected chi connectivity index (χ4v) is 3.08. The van der Waals surface area contributed by atoms with Crippen LogP contribution in [0.5, 0.6) is 0 Å². The van der Waals surface area contributed by atoms with Crippen molar-refractivity contribution in [2.45, 2.75) is 52.6 Å². The lowest BCUT2D eigenvalue weighted by Crippen LogP contribution is -2.39. The first-order valence-corrected chi connectivity index (χ1v) is 7.62. The molecule has 0 saturated carbocycles. The van der Waals surface area contributed by atoms with E-state index in [4.69, 9.17) is 0 Å². The van der Waals surface area contributed by atoms with Crippen LogP contribution < -0.4 is 5.32 Å². The molecule has 1 aromatic rings. The molecule has 1 aliphatic rings. The Bertz CT molecular complexity index is 408. The number of aryl methyl sites for hydroxylation is 2. The molecule has 1 heterocycles. The predicted octanol–water partition coefficient (Wildman–Crippen LogP) is 3.44. The van der Waals surface area contributed by atoms with Crippen molar-refractivity contribution < 1.29 is 0 Å². The zero-order valence-electron chi connectivity index (χ0n) is 12.9. The summed E-state index contributed by atoms with van der Waals surface area (Å²) in [5, 5.41) is 3.69. The molecule has 2 atom stereocenters. The highest BCUT2D eigenvalue weighted by molar-refractivity contribution is 5.32. The third-order valence-corrected chi connectivity index (χ3v) is 4.38. The Morgan fingerprint density at radius 1 is 1.16 bits per heavy atom. The van der Waals surface area contributed by atoms with E-state index in [1.807, 2.05) is 0 Å². The Balaban J connectivity index is 1.88. The van der Waals surface area contributed by atoms with Gasteiger partial charge in [-0.25, -0.2) is 0 Å². The highest BCUT2D eigenvalue weighted by Gasteiger charge is 2.18. The van der Waals surface area contributed by atoms with E-state index in [-0.39, 0.29) is 0 Å². The highest BCUT2D eigenvalue weighted by Crippen LogP contribution is 2.19. The molecule has 19 heavy (non-hydrogen) atoms. The summed E-state index contributed by atoms with van der Waals surface area (Å²) in [4.78, 5) is 2.60. The van der Waals surface area contributed by atoms with Crippen LogP contribution >= 0.6 is 0 Å². The SMILES string of the molecule is Cc1ccc(C(C)NCC(C)N2CCCC2)c(C)c1. The van der Waals surface area contributed by atoms with Gasteiger partial charge in [0.2, 0.25) is 0 Å². The maximum Gasteiger partial charge on any atom is 0.0295 e. The molecule has 0 spiro atoms. The van der Waals surface area contributed by atoms with Gasteiger partial charge in [-0.15, -0.1) is 0 Å². The Morgan fingerprint density at radius 2 is 1.84 bits per heavy atom. The van der Waals surface area contributed by atoms with Gasteiger partial charge in [-0.2, -0.15) is 0 Å². The maximum atomic E-state index is 3.69. The minimum absolute atomic E-state index is 0.436. The molecule has 0 radical (unpaired) electrons. The topological polar surface area (TPSA) is 15.3 Å². The number of hydrogen-bond donors (Lipinski definition) is 1. The van der Waals surface area contributed by atoms with Crippen LogP contribution in [0.1, 0.15) is 49.4 Å². The molecular weight excluding hydrogens is 232 g/mol. The highest BCUT2D eigenvalue weighted by atomic mass is 15.2. The monoisotopic (exact) mass is 260 g/mol. The number of likely N-dealkylation sites (tertiary alicyclic amines) is 1. The molecule has 0 aromatic heterocycles. The zero-order valence-corrected chi connectivity index (χ0v) is 12.9. The molecule has 0 aliphatic carbocycles. The van der Waals surface area contributed by atoms with Crippen LogP contribution in [-0.2, 0) is 0 Å². The van der Waals surface area contributed by atoms with Gasteiger partial charge in [0.1, 0.15) is 0 Å². The standard InChI is InChI=1S/C17H28N2/c1-13-7-8-17(14(2)11-13)16(4)18-12-15(3)19-9-5-6-10-19/h7-8,11,15-16,18H,5-6,9-10,12H2,1-4H3. The molecule has 0 amide bonds. The molecule has 1 saturated heterocycles. The van der Waals surface area contributed by atoms with Crippen LogP contribution in [0, 0.1) is 13.8 Å². The number of benzene rings is 1. The molecule has 2 unspecified atom stereocenters. The summed E-state index contributed by atoms with van der Waals surface area (Å²) in [6, 6.07) is 7.84. The second-order valence-corrected chi connectivity index (χ2v) is 6.08. The normalized spacial score (nSPS) is 19.6. The van der Waals surface area contributed by atoms with Gasteiger partial charge in [0.15, 0.2) is 0 Å². The Labute approximate surface area is 118 Å². The first kappa shape index (κ1) is 14.5. The van der Waals surface area contributed by atoms with Crippen molar-refractivity contribution in [2.24, 2.45) is 0 Å². The van der Waals surface area contributed by atoms with Gasteiger partial charge in [0.25, 0.3) is 0 Å². The van der Waals surface area contributed by atoms with Gasteiger partial charge in [-0.3, -0.25) is 4.90 Å². The van der Waals surface area contributed by atoms with E-state index in [1.165, 1.54) is 42.6 Å². The van der Waals surface area contributed by atoms with E-state index in [0.29, 0.717) is 12.1 Å². The van der Waals surface area contributed by atoms with Crippen LogP contribution in [0.4, 0.5) is 0 Å². The molecule has 1 N–H and O–H groups in total. The van der Waals surface area contributed by atoms with E-state index >= 15 is 0 Å². The molecule has 2 rings (SSSR count). The van der Waals surface area contributed by atoms with Crippen LogP contribution in [0.25, 0.3) is 0 Å². The number of rotatable bonds is 5. The minimum Gasteiger partial charge on any atom is -0.309 e. The lowest BCUT2D eigenvalue weighted by atomic mass is 10.00. The van der Waals surface area contributed by atoms with Gasteiger partial charge in [-0.05, 0) is 64.8 Å². The molecule has 2 heteroatoms. The lowest BCUT2D eigenvalue weighted by Gasteiger charge is -2.26. The van der Waals surface area contributed by atoms with Crippen LogP contribution in [0.3, 0.4) is 0 Å². The summed E-state index contributed by atoms with van der Waals surface area (Å²) in [6.45, 7) is 12.6. The van der Waals surface area contributed by atoms with Crippen molar-refractivity contribution in [1.29, 1.82) is 0 Å². The number of nitrogens with zero attached hydrogens (tertiary/aromatic N) is 1. The third-order valence-electron chi connectivity index (χ3n) is 4.38. The second-order valence-electron chi connectivity index (χ2n) is 6.08. The van der Waals surface area contributed by atoms with Crippen molar-refractivity contribution >= 4 is 0 Å². The first-order chi connectivity index (χ1) is 9.08. The number of nitrogens with one attached hydrogen (secondary N) is 1. The van der Waals surface area contributed by atoms with Crippen molar-refractivity contribution in [3.8, 4) is 0 Å². The second kappa shape index (κ2) is 6.53. The fourth-order valence-electron chi connectivity index (χ4n) is 3.08. The van der Waals surface area contributed by atoms with Crippen LogP contribution in [0.15, 0.2) is 18.2 Å². The van der Waals surface area contributed by atoms with Gasteiger partial charge in [0, 0.05) is 18.6 Å². The van der Waals surface area contributed by atoms with Gasteiger partial charge < -0.3 is 5.32 Å². The molecule has 106 valence electrons. The number of hydrogen-bond acceptors (Lipinski definition) is 2. The van der Waals surface area contributed by atoms with E-state index in [0.717, 1.165) is 6.54 Å². The first-order valence-electron chi connectivity index (χ1n) is 7.62. The van der Waals surface area contributed by atoms with Crippen molar-refractivity contribution in [3.05, 3.63) is 34.9 Å². The average molecular weight is 260 g/mol. The Hall–Kier alpha value is -0.860. The maximum absolute atomic E-state index is 3.69. The largest absolute Gasteiger partial charge is 0.309 e. The van der Waals surface area contributed by atoms with Gasteiger partial charge in [-0.1, -0.05) is 23.8 Å². The quantitative estimate of drug-likeness (QED) is 0.872. The molecule has 0 bridgehead atoms. The average Bonchev–Trinajstić information content (AvgIpc) is 2.89. The molecule has 1 fully saturated rings. The van der Waals surface area contributed by atoms with E-state index in [9.17, 15) is 0 Å². The molecular formula is C17H28N2.